The number of ether oxygens (including phenoxy) is 1. The third-order valence-electron chi connectivity index (χ3n) is 6.88. The lowest BCUT2D eigenvalue weighted by Gasteiger charge is -2.42. The lowest BCUT2D eigenvalue weighted by atomic mass is 9.95. The van der Waals surface area contributed by atoms with Gasteiger partial charge in [-0.25, -0.2) is 0 Å². The second-order valence-corrected chi connectivity index (χ2v) is 9.05. The smallest absolute Gasteiger partial charge is 0.254 e. The van der Waals surface area contributed by atoms with Crippen LogP contribution in [0, 0.1) is 5.92 Å². The molecule has 3 saturated heterocycles. The highest BCUT2D eigenvalue weighted by Gasteiger charge is 2.40. The Labute approximate surface area is 199 Å². The number of rotatable bonds is 5. The van der Waals surface area contributed by atoms with E-state index in [1.165, 1.54) is 0 Å². The molecule has 4 rings (SSSR count). The van der Waals surface area contributed by atoms with Crippen molar-refractivity contribution in [2.45, 2.75) is 37.8 Å². The number of nitrogens with one attached hydrogen (secondary N) is 3. The van der Waals surface area contributed by atoms with Crippen LogP contribution in [0.4, 0.5) is 0 Å². The first-order chi connectivity index (χ1) is 16.5. The predicted molar refractivity (Wildman–Crippen MR) is 124 cm³/mol. The molecule has 0 saturated carbocycles. The van der Waals surface area contributed by atoms with E-state index in [2.05, 4.69) is 16.0 Å². The fraction of sp³-hybridized carbons (Fsp3) is 0.583. The minimum Gasteiger partial charge on any atom is -0.497 e. The fourth-order valence-corrected chi connectivity index (χ4v) is 4.85. The highest BCUT2D eigenvalue weighted by atomic mass is 16.5. The number of hydrogen-bond donors (Lipinski definition) is 3. The summed E-state index contributed by atoms with van der Waals surface area (Å²) in [6.07, 6.45) is 2.79. The van der Waals surface area contributed by atoms with Crippen LogP contribution in [0.25, 0.3) is 0 Å². The van der Waals surface area contributed by atoms with Crippen LogP contribution in [0.3, 0.4) is 0 Å². The van der Waals surface area contributed by atoms with Gasteiger partial charge in [-0.15, -0.1) is 0 Å². The van der Waals surface area contributed by atoms with E-state index in [-0.39, 0.29) is 36.7 Å². The number of nitrogens with zero attached hydrogens (tertiary/aromatic N) is 2. The Morgan fingerprint density at radius 1 is 1.03 bits per heavy atom. The maximum Gasteiger partial charge on any atom is 0.254 e. The molecule has 0 aromatic heterocycles. The zero-order chi connectivity index (χ0) is 24.1. The first kappa shape index (κ1) is 24.0. The van der Waals surface area contributed by atoms with Gasteiger partial charge in [0.05, 0.1) is 13.7 Å². The quantitative estimate of drug-likeness (QED) is 0.545. The van der Waals surface area contributed by atoms with Crippen LogP contribution in [0.5, 0.6) is 5.75 Å². The minimum absolute atomic E-state index is 0.0497. The first-order valence-electron chi connectivity index (χ1n) is 12.0. The molecule has 184 valence electrons. The minimum atomic E-state index is -0.840. The summed E-state index contributed by atoms with van der Waals surface area (Å²) in [5.41, 5.74) is 0.491. The van der Waals surface area contributed by atoms with E-state index in [1.54, 1.807) is 41.2 Å². The molecule has 3 fully saturated rings. The zero-order valence-corrected chi connectivity index (χ0v) is 19.5. The molecule has 0 bridgehead atoms. The molecule has 10 heteroatoms. The molecular formula is C24H33N5O5. The van der Waals surface area contributed by atoms with Gasteiger partial charge in [0.25, 0.3) is 5.91 Å². The SMILES string of the molecule is COc1ccc(C(=O)N2CCN(C(=O)C3CCNCC3)[C@@H](C(=O)N[C@@H]3CCCNC3=O)C2)cc1. The molecule has 0 unspecified atom stereocenters. The van der Waals surface area contributed by atoms with Gasteiger partial charge in [-0.2, -0.15) is 0 Å². The molecule has 1 aromatic rings. The molecule has 10 nitrogen and oxygen atoms in total. The third kappa shape index (κ3) is 5.32. The van der Waals surface area contributed by atoms with Crippen molar-refractivity contribution in [3.63, 3.8) is 0 Å². The van der Waals surface area contributed by atoms with E-state index in [4.69, 9.17) is 4.74 Å². The summed E-state index contributed by atoms with van der Waals surface area (Å²) < 4.78 is 5.16. The van der Waals surface area contributed by atoms with Gasteiger partial charge < -0.3 is 30.5 Å². The van der Waals surface area contributed by atoms with Crippen molar-refractivity contribution in [2.75, 3.05) is 46.4 Å². The molecule has 1 aromatic carbocycles. The van der Waals surface area contributed by atoms with Gasteiger partial charge in [0.2, 0.25) is 17.7 Å². The number of carbonyl (C=O) groups is 4. The molecule has 3 aliphatic heterocycles. The number of carbonyl (C=O) groups excluding carboxylic acids is 4. The summed E-state index contributed by atoms with van der Waals surface area (Å²) in [6, 6.07) is 5.36. The molecule has 2 atom stereocenters. The van der Waals surface area contributed by atoms with Crippen molar-refractivity contribution in [2.24, 2.45) is 5.92 Å². The van der Waals surface area contributed by atoms with Gasteiger partial charge in [0.15, 0.2) is 0 Å². The van der Waals surface area contributed by atoms with Crippen LogP contribution in [0.2, 0.25) is 0 Å². The number of amides is 4. The number of methoxy groups -OCH3 is 1. The largest absolute Gasteiger partial charge is 0.497 e. The maximum atomic E-state index is 13.4. The van der Waals surface area contributed by atoms with Crippen LogP contribution in [0.15, 0.2) is 24.3 Å². The summed E-state index contributed by atoms with van der Waals surface area (Å²) in [5, 5.41) is 8.85. The van der Waals surface area contributed by atoms with E-state index >= 15 is 0 Å². The second-order valence-electron chi connectivity index (χ2n) is 9.05. The van der Waals surface area contributed by atoms with Crippen molar-refractivity contribution in [1.82, 2.24) is 25.8 Å². The van der Waals surface area contributed by atoms with Gasteiger partial charge >= 0.3 is 0 Å². The van der Waals surface area contributed by atoms with E-state index in [1.807, 2.05) is 0 Å². The summed E-state index contributed by atoms with van der Waals surface area (Å²) in [5.74, 6) is -0.346. The summed E-state index contributed by atoms with van der Waals surface area (Å²) in [6.45, 7) is 2.84. The van der Waals surface area contributed by atoms with Crippen molar-refractivity contribution in [1.29, 1.82) is 0 Å². The molecule has 3 N–H and O–H groups in total. The van der Waals surface area contributed by atoms with Gasteiger partial charge in [0.1, 0.15) is 17.8 Å². The van der Waals surface area contributed by atoms with Crippen molar-refractivity contribution >= 4 is 23.6 Å². The average molecular weight is 472 g/mol. The molecule has 3 aliphatic rings. The maximum absolute atomic E-state index is 13.4. The fourth-order valence-electron chi connectivity index (χ4n) is 4.85. The van der Waals surface area contributed by atoms with Gasteiger partial charge in [-0.1, -0.05) is 0 Å². The Balaban J connectivity index is 1.51. The van der Waals surface area contributed by atoms with Gasteiger partial charge in [-0.3, -0.25) is 19.2 Å². The number of hydrogen-bond acceptors (Lipinski definition) is 6. The highest BCUT2D eigenvalue weighted by molar-refractivity contribution is 5.97. The van der Waals surface area contributed by atoms with E-state index in [0.717, 1.165) is 32.4 Å². The molecule has 3 heterocycles. The van der Waals surface area contributed by atoms with E-state index in [9.17, 15) is 19.2 Å². The topological polar surface area (TPSA) is 120 Å². The first-order valence-corrected chi connectivity index (χ1v) is 12.0. The number of piperidine rings is 2. The van der Waals surface area contributed by atoms with Crippen molar-refractivity contribution < 1.29 is 23.9 Å². The predicted octanol–water partition coefficient (Wildman–Crippen LogP) is -0.257. The Bertz CT molecular complexity index is 915. The summed E-state index contributed by atoms with van der Waals surface area (Å²) in [4.78, 5) is 55.3. The van der Waals surface area contributed by atoms with Crippen LogP contribution >= 0.6 is 0 Å². The molecule has 4 amide bonds. The molecule has 34 heavy (non-hydrogen) atoms. The average Bonchev–Trinajstić information content (AvgIpc) is 2.89. The zero-order valence-electron chi connectivity index (χ0n) is 19.5. The number of benzene rings is 1. The normalized spacial score (nSPS) is 23.7. The molecular weight excluding hydrogens is 438 g/mol. The highest BCUT2D eigenvalue weighted by Crippen LogP contribution is 2.22. The van der Waals surface area contributed by atoms with E-state index in [0.29, 0.717) is 30.8 Å². The Morgan fingerprint density at radius 3 is 2.44 bits per heavy atom. The Morgan fingerprint density at radius 2 is 1.76 bits per heavy atom. The van der Waals surface area contributed by atoms with Crippen LogP contribution in [-0.2, 0) is 14.4 Å². The molecule has 0 spiro atoms. The summed E-state index contributed by atoms with van der Waals surface area (Å²) in [7, 11) is 1.56. The van der Waals surface area contributed by atoms with Crippen molar-refractivity contribution in [3.8, 4) is 5.75 Å². The lowest BCUT2D eigenvalue weighted by Crippen LogP contribution is -2.64. The lowest BCUT2D eigenvalue weighted by molar-refractivity contribution is -0.147. The monoisotopic (exact) mass is 471 g/mol. The van der Waals surface area contributed by atoms with Crippen molar-refractivity contribution in [3.05, 3.63) is 29.8 Å². The molecule has 0 radical (unpaired) electrons. The van der Waals surface area contributed by atoms with Crippen LogP contribution < -0.4 is 20.7 Å². The van der Waals surface area contributed by atoms with Gasteiger partial charge in [-0.05, 0) is 63.0 Å². The Hall–Kier alpha value is -3.14. The van der Waals surface area contributed by atoms with Gasteiger partial charge in [0, 0.05) is 31.1 Å². The van der Waals surface area contributed by atoms with Crippen LogP contribution in [-0.4, -0.2) is 91.9 Å². The third-order valence-corrected chi connectivity index (χ3v) is 6.88. The standard InChI is InChI=1S/C24H33N5O5/c1-34-18-6-4-16(5-7-18)23(32)28-13-14-29(24(33)17-8-11-25-12-9-17)20(15-28)22(31)27-19-3-2-10-26-21(19)30/h4-7,17,19-20,25H,2-3,8-15H2,1H3,(H,26,30)(H,27,31)/t19-,20-/m1/s1. The van der Waals surface area contributed by atoms with Crippen LogP contribution in [0.1, 0.15) is 36.0 Å². The Kier molecular flexibility index (Phi) is 7.66. The summed E-state index contributed by atoms with van der Waals surface area (Å²) >= 11 is 0. The number of piperazine rings is 1. The second kappa shape index (κ2) is 10.9. The van der Waals surface area contributed by atoms with E-state index < -0.39 is 18.0 Å². The molecule has 0 aliphatic carbocycles.